The zero-order chi connectivity index (χ0) is 12.5. The molecule has 1 heterocycles. The SMILES string of the molecule is CC(=O)c1ccc2ccccc2c1OC[C@@H]1CO1. The highest BCUT2D eigenvalue weighted by molar-refractivity contribution is 6.03. The number of hydrogen-bond donors (Lipinski definition) is 0. The second-order valence-electron chi connectivity index (χ2n) is 4.49. The molecule has 3 rings (SSSR count). The molecule has 3 nitrogen and oxygen atoms in total. The average Bonchev–Trinajstić information content (AvgIpc) is 3.19. The number of ether oxygens (including phenoxy) is 2. The monoisotopic (exact) mass is 242 g/mol. The van der Waals surface area contributed by atoms with Gasteiger partial charge in [0, 0.05) is 5.39 Å². The Hall–Kier alpha value is -1.87. The summed E-state index contributed by atoms with van der Waals surface area (Å²) in [6, 6.07) is 11.7. The van der Waals surface area contributed by atoms with Gasteiger partial charge in [-0.1, -0.05) is 30.3 Å². The Kier molecular flexibility index (Phi) is 2.76. The highest BCUT2D eigenvalue weighted by atomic mass is 16.6. The van der Waals surface area contributed by atoms with Crippen molar-refractivity contribution in [1.29, 1.82) is 0 Å². The van der Waals surface area contributed by atoms with Gasteiger partial charge in [-0.05, 0) is 18.4 Å². The Morgan fingerprint density at radius 2 is 2.11 bits per heavy atom. The minimum atomic E-state index is 0.0208. The maximum atomic E-state index is 11.7. The van der Waals surface area contributed by atoms with E-state index in [0.29, 0.717) is 17.9 Å². The normalized spacial score (nSPS) is 17.7. The van der Waals surface area contributed by atoms with Crippen LogP contribution in [-0.4, -0.2) is 25.1 Å². The van der Waals surface area contributed by atoms with Crippen molar-refractivity contribution < 1.29 is 14.3 Å². The van der Waals surface area contributed by atoms with Crippen molar-refractivity contribution in [2.24, 2.45) is 0 Å². The van der Waals surface area contributed by atoms with Crippen molar-refractivity contribution in [3.63, 3.8) is 0 Å². The summed E-state index contributed by atoms with van der Waals surface area (Å²) in [6.45, 7) is 2.82. The molecule has 0 saturated carbocycles. The van der Waals surface area contributed by atoms with E-state index in [1.807, 2.05) is 36.4 Å². The van der Waals surface area contributed by atoms with Gasteiger partial charge in [0.15, 0.2) is 5.78 Å². The lowest BCUT2D eigenvalue weighted by Gasteiger charge is -2.12. The first-order chi connectivity index (χ1) is 8.75. The molecule has 92 valence electrons. The van der Waals surface area contributed by atoms with Gasteiger partial charge in [0.1, 0.15) is 18.5 Å². The van der Waals surface area contributed by atoms with E-state index in [9.17, 15) is 4.79 Å². The molecule has 0 N–H and O–H groups in total. The lowest BCUT2D eigenvalue weighted by atomic mass is 10.0. The highest BCUT2D eigenvalue weighted by Gasteiger charge is 2.24. The van der Waals surface area contributed by atoms with Gasteiger partial charge < -0.3 is 9.47 Å². The number of epoxide rings is 1. The van der Waals surface area contributed by atoms with Crippen LogP contribution in [0.25, 0.3) is 10.8 Å². The molecule has 0 spiro atoms. The number of ketones is 1. The van der Waals surface area contributed by atoms with Crippen LogP contribution in [0.2, 0.25) is 0 Å². The van der Waals surface area contributed by atoms with Crippen LogP contribution in [0.1, 0.15) is 17.3 Å². The molecule has 0 unspecified atom stereocenters. The maximum Gasteiger partial charge on any atom is 0.163 e. The van der Waals surface area contributed by atoms with Crippen molar-refractivity contribution in [3.8, 4) is 5.75 Å². The first kappa shape index (κ1) is 11.2. The van der Waals surface area contributed by atoms with Gasteiger partial charge in [0.05, 0.1) is 12.2 Å². The molecule has 0 radical (unpaired) electrons. The van der Waals surface area contributed by atoms with Crippen molar-refractivity contribution in [2.45, 2.75) is 13.0 Å². The van der Waals surface area contributed by atoms with E-state index in [2.05, 4.69) is 0 Å². The third-order valence-corrected chi connectivity index (χ3v) is 3.07. The Morgan fingerprint density at radius 3 is 2.83 bits per heavy atom. The molecular formula is C15H14O3. The van der Waals surface area contributed by atoms with E-state index in [4.69, 9.17) is 9.47 Å². The Labute approximate surface area is 105 Å². The minimum absolute atomic E-state index is 0.0208. The fourth-order valence-electron chi connectivity index (χ4n) is 2.02. The minimum Gasteiger partial charge on any atom is -0.489 e. The quantitative estimate of drug-likeness (QED) is 0.611. The van der Waals surface area contributed by atoms with E-state index in [1.54, 1.807) is 6.92 Å². The van der Waals surface area contributed by atoms with Gasteiger partial charge in [-0.15, -0.1) is 0 Å². The molecule has 1 saturated heterocycles. The summed E-state index contributed by atoms with van der Waals surface area (Å²) in [7, 11) is 0. The second-order valence-corrected chi connectivity index (χ2v) is 4.49. The predicted molar refractivity (Wildman–Crippen MR) is 69.2 cm³/mol. The summed E-state index contributed by atoms with van der Waals surface area (Å²) in [5, 5.41) is 2.06. The zero-order valence-corrected chi connectivity index (χ0v) is 10.2. The van der Waals surface area contributed by atoms with Gasteiger partial charge in [-0.25, -0.2) is 0 Å². The number of carbonyl (C=O) groups is 1. The topological polar surface area (TPSA) is 38.8 Å². The second kappa shape index (κ2) is 4.42. The van der Waals surface area contributed by atoms with Crippen molar-refractivity contribution in [3.05, 3.63) is 42.0 Å². The molecule has 2 aromatic rings. The van der Waals surface area contributed by atoms with Crippen LogP contribution in [0.4, 0.5) is 0 Å². The standard InChI is InChI=1S/C15H14O3/c1-10(16)13-7-6-11-4-2-3-5-14(11)15(13)18-9-12-8-17-12/h2-7,12H,8-9H2,1H3/t12-/m0/s1. The van der Waals surface area contributed by atoms with Crippen molar-refractivity contribution in [2.75, 3.05) is 13.2 Å². The van der Waals surface area contributed by atoms with Crippen LogP contribution >= 0.6 is 0 Å². The van der Waals surface area contributed by atoms with Crippen LogP contribution in [0.3, 0.4) is 0 Å². The molecular weight excluding hydrogens is 228 g/mol. The lowest BCUT2D eigenvalue weighted by molar-refractivity contribution is 0.101. The number of carbonyl (C=O) groups excluding carboxylic acids is 1. The van der Waals surface area contributed by atoms with Gasteiger partial charge in [0.2, 0.25) is 0 Å². The molecule has 1 atom stereocenters. The molecule has 2 aromatic carbocycles. The molecule has 1 aliphatic heterocycles. The molecule has 1 aliphatic rings. The fraction of sp³-hybridized carbons (Fsp3) is 0.267. The van der Waals surface area contributed by atoms with Gasteiger partial charge in [-0.3, -0.25) is 4.79 Å². The predicted octanol–water partition coefficient (Wildman–Crippen LogP) is 2.82. The average molecular weight is 242 g/mol. The third kappa shape index (κ3) is 2.09. The van der Waals surface area contributed by atoms with Gasteiger partial charge in [-0.2, -0.15) is 0 Å². The fourth-order valence-corrected chi connectivity index (χ4v) is 2.02. The first-order valence-corrected chi connectivity index (χ1v) is 6.03. The van der Waals surface area contributed by atoms with E-state index in [-0.39, 0.29) is 11.9 Å². The zero-order valence-electron chi connectivity index (χ0n) is 10.2. The van der Waals surface area contributed by atoms with Gasteiger partial charge in [0.25, 0.3) is 0 Å². The molecule has 1 fully saturated rings. The summed E-state index contributed by atoms with van der Waals surface area (Å²) in [6.07, 6.45) is 0.184. The van der Waals surface area contributed by atoms with Crippen LogP contribution in [0, 0.1) is 0 Å². The first-order valence-electron chi connectivity index (χ1n) is 6.03. The summed E-state index contributed by atoms with van der Waals surface area (Å²) in [4.78, 5) is 11.7. The van der Waals surface area contributed by atoms with E-state index >= 15 is 0 Å². The van der Waals surface area contributed by atoms with Crippen LogP contribution in [0.15, 0.2) is 36.4 Å². The number of Topliss-reactive ketones (excluding diaryl/α,β-unsaturated/α-hetero) is 1. The smallest absolute Gasteiger partial charge is 0.163 e. The van der Waals surface area contributed by atoms with Crippen molar-refractivity contribution in [1.82, 2.24) is 0 Å². The van der Waals surface area contributed by atoms with E-state index in [1.165, 1.54) is 0 Å². The van der Waals surface area contributed by atoms with E-state index in [0.717, 1.165) is 17.4 Å². The molecule has 0 bridgehead atoms. The summed E-state index contributed by atoms with van der Waals surface area (Å²) in [5.74, 6) is 0.698. The van der Waals surface area contributed by atoms with E-state index < -0.39 is 0 Å². The Morgan fingerprint density at radius 1 is 1.33 bits per heavy atom. The summed E-state index contributed by atoms with van der Waals surface area (Å²) >= 11 is 0. The number of hydrogen-bond acceptors (Lipinski definition) is 3. The van der Waals surface area contributed by atoms with Crippen LogP contribution < -0.4 is 4.74 Å². The molecule has 0 aliphatic carbocycles. The lowest BCUT2D eigenvalue weighted by Crippen LogP contribution is -2.08. The summed E-state index contributed by atoms with van der Waals surface area (Å²) in [5.41, 5.74) is 0.634. The highest BCUT2D eigenvalue weighted by Crippen LogP contribution is 2.31. The molecule has 18 heavy (non-hydrogen) atoms. The Balaban J connectivity index is 2.08. The Bertz CT molecular complexity index is 600. The maximum absolute atomic E-state index is 11.7. The number of benzene rings is 2. The summed E-state index contributed by atoms with van der Waals surface area (Å²) < 4.78 is 10.9. The number of fused-ring (bicyclic) bond motifs is 1. The van der Waals surface area contributed by atoms with Crippen LogP contribution in [0.5, 0.6) is 5.75 Å². The molecule has 0 amide bonds. The largest absolute Gasteiger partial charge is 0.489 e. The third-order valence-electron chi connectivity index (χ3n) is 3.07. The van der Waals surface area contributed by atoms with Crippen molar-refractivity contribution >= 4 is 16.6 Å². The van der Waals surface area contributed by atoms with Crippen LogP contribution in [-0.2, 0) is 4.74 Å². The molecule has 3 heteroatoms. The molecule has 0 aromatic heterocycles. The number of rotatable bonds is 4. The van der Waals surface area contributed by atoms with Gasteiger partial charge >= 0.3 is 0 Å².